The fourth-order valence-corrected chi connectivity index (χ4v) is 1.80. The molecule has 0 aromatic rings. The van der Waals surface area contributed by atoms with Crippen molar-refractivity contribution in [2.24, 2.45) is 5.16 Å². The zero-order chi connectivity index (χ0) is 11.3. The lowest BCUT2D eigenvalue weighted by molar-refractivity contribution is -0.129. The molecule has 1 amide bonds. The van der Waals surface area contributed by atoms with Gasteiger partial charge < -0.3 is 9.94 Å². The van der Waals surface area contributed by atoms with Gasteiger partial charge in [-0.25, -0.2) is 4.79 Å². The summed E-state index contributed by atoms with van der Waals surface area (Å²) in [4.78, 5) is 25.5. The van der Waals surface area contributed by atoms with E-state index in [1.807, 2.05) is 0 Å². The molecule has 0 saturated heterocycles. The normalized spacial score (nSPS) is 15.9. The average molecular weight is 231 g/mol. The van der Waals surface area contributed by atoms with Crippen LogP contribution in [0.3, 0.4) is 0 Å². The Hall–Kier alpha value is -1.70. The number of carbonyl (C=O) groups excluding carboxylic acids is 1. The second-order valence-electron chi connectivity index (χ2n) is 2.40. The number of carboxylic acids is 1. The Morgan fingerprint density at radius 3 is 3.13 bits per heavy atom. The van der Waals surface area contributed by atoms with Crippen LogP contribution >= 0.6 is 11.8 Å². The Morgan fingerprint density at radius 2 is 2.60 bits per heavy atom. The lowest BCUT2D eigenvalue weighted by Crippen LogP contribution is -2.38. The maximum atomic E-state index is 10.8. The molecule has 1 aliphatic heterocycles. The predicted octanol–water partition coefficient (Wildman–Crippen LogP) is -0.418. The number of aliphatic carboxylic acids is 1. The van der Waals surface area contributed by atoms with E-state index in [1.165, 1.54) is 23.9 Å². The molecule has 0 saturated carbocycles. The van der Waals surface area contributed by atoms with Crippen LogP contribution < -0.4 is 5.43 Å². The fourth-order valence-electron chi connectivity index (χ4n) is 0.965. The molecular weight excluding hydrogens is 222 g/mol. The van der Waals surface area contributed by atoms with Crippen molar-refractivity contribution >= 4 is 29.9 Å². The number of hydrazine groups is 1. The topological polar surface area (TPSA) is 91.2 Å². The molecule has 8 heteroatoms. The van der Waals surface area contributed by atoms with Crippen LogP contribution in [0.5, 0.6) is 0 Å². The van der Waals surface area contributed by atoms with E-state index in [0.29, 0.717) is 18.0 Å². The third-order valence-corrected chi connectivity index (χ3v) is 2.32. The first-order valence-electron chi connectivity index (χ1n) is 3.84. The summed E-state index contributed by atoms with van der Waals surface area (Å²) in [6.07, 6.45) is 0.464. The molecular formula is C7H9N3O4S. The van der Waals surface area contributed by atoms with Gasteiger partial charge >= 0.3 is 5.97 Å². The monoisotopic (exact) mass is 231 g/mol. The molecule has 1 aliphatic rings. The molecule has 0 unspecified atom stereocenters. The molecule has 82 valence electrons. The van der Waals surface area contributed by atoms with Gasteiger partial charge in [0.15, 0.2) is 0 Å². The van der Waals surface area contributed by atoms with Gasteiger partial charge in [-0.2, -0.15) is 0 Å². The van der Waals surface area contributed by atoms with Crippen LogP contribution in [-0.2, 0) is 14.4 Å². The summed E-state index contributed by atoms with van der Waals surface area (Å²) < 4.78 is 0. The standard InChI is InChI=1S/C7H9N3O4S/c1-14-9-6(7(12)13)5-2-15-4-10(5)8-3-11/h2-3H,4H2,1H3,(H,8,11)(H,12,13). The molecule has 0 spiro atoms. The summed E-state index contributed by atoms with van der Waals surface area (Å²) in [5.41, 5.74) is 2.39. The largest absolute Gasteiger partial charge is 0.476 e. The summed E-state index contributed by atoms with van der Waals surface area (Å²) in [5.74, 6) is -0.785. The molecule has 0 bridgehead atoms. The smallest absolute Gasteiger partial charge is 0.360 e. The van der Waals surface area contributed by atoms with Gasteiger partial charge in [0.1, 0.15) is 12.8 Å². The maximum Gasteiger partial charge on any atom is 0.360 e. The third-order valence-electron chi connectivity index (χ3n) is 1.53. The lowest BCUT2D eigenvalue weighted by atomic mass is 10.3. The van der Waals surface area contributed by atoms with E-state index in [-0.39, 0.29) is 5.71 Å². The van der Waals surface area contributed by atoms with Crippen molar-refractivity contribution in [3.63, 3.8) is 0 Å². The minimum absolute atomic E-state index is 0.253. The van der Waals surface area contributed by atoms with Gasteiger partial charge in [-0.1, -0.05) is 5.16 Å². The average Bonchev–Trinajstić information content (AvgIpc) is 2.62. The molecule has 1 heterocycles. The van der Waals surface area contributed by atoms with Crippen molar-refractivity contribution in [2.45, 2.75) is 0 Å². The molecule has 1 rings (SSSR count). The van der Waals surface area contributed by atoms with Crippen LogP contribution in [0.2, 0.25) is 0 Å². The van der Waals surface area contributed by atoms with E-state index in [4.69, 9.17) is 5.11 Å². The van der Waals surface area contributed by atoms with E-state index in [0.717, 1.165) is 0 Å². The molecule has 15 heavy (non-hydrogen) atoms. The number of carboxylic acid groups (broad SMARTS) is 1. The molecule has 0 aromatic carbocycles. The van der Waals surface area contributed by atoms with Gasteiger partial charge in [0.25, 0.3) is 0 Å². The van der Waals surface area contributed by atoms with Gasteiger partial charge in [0.05, 0.1) is 5.88 Å². The van der Waals surface area contributed by atoms with Gasteiger partial charge in [0, 0.05) is 5.41 Å². The number of hydrogen-bond donors (Lipinski definition) is 2. The highest BCUT2D eigenvalue weighted by Crippen LogP contribution is 2.22. The number of nitrogens with one attached hydrogen (secondary N) is 1. The van der Waals surface area contributed by atoms with E-state index >= 15 is 0 Å². The van der Waals surface area contributed by atoms with Crippen LogP contribution in [-0.4, -0.2) is 41.2 Å². The van der Waals surface area contributed by atoms with Gasteiger partial charge in [-0.15, -0.1) is 11.8 Å². The number of nitrogens with zero attached hydrogens (tertiary/aromatic N) is 2. The Labute approximate surface area is 89.7 Å². The number of carbonyl (C=O) groups is 2. The summed E-state index contributed by atoms with van der Waals surface area (Å²) in [7, 11) is 1.25. The van der Waals surface area contributed by atoms with Crippen LogP contribution in [0.25, 0.3) is 0 Å². The highest BCUT2D eigenvalue weighted by atomic mass is 32.2. The van der Waals surface area contributed by atoms with E-state index in [9.17, 15) is 9.59 Å². The Kier molecular flexibility index (Phi) is 3.98. The van der Waals surface area contributed by atoms with Crippen molar-refractivity contribution in [1.29, 1.82) is 0 Å². The second-order valence-corrected chi connectivity index (χ2v) is 3.23. The highest BCUT2D eigenvalue weighted by Gasteiger charge is 2.25. The van der Waals surface area contributed by atoms with Crippen LogP contribution in [0.15, 0.2) is 16.3 Å². The maximum absolute atomic E-state index is 10.8. The SMILES string of the molecule is CON=C(C(=O)O)C1=CSCN1NC=O. The zero-order valence-electron chi connectivity index (χ0n) is 7.84. The van der Waals surface area contributed by atoms with Crippen molar-refractivity contribution < 1.29 is 19.5 Å². The Bertz CT molecular complexity index is 328. The Balaban J connectivity index is 2.88. The summed E-state index contributed by atoms with van der Waals surface area (Å²) in [6.45, 7) is 0. The predicted molar refractivity (Wildman–Crippen MR) is 53.7 cm³/mol. The van der Waals surface area contributed by atoms with Crippen LogP contribution in [0, 0.1) is 0 Å². The van der Waals surface area contributed by atoms with Crippen molar-refractivity contribution in [3.05, 3.63) is 11.1 Å². The second kappa shape index (κ2) is 5.25. The minimum Gasteiger partial charge on any atom is -0.476 e. The first-order valence-corrected chi connectivity index (χ1v) is 4.89. The van der Waals surface area contributed by atoms with Gasteiger partial charge in [0.2, 0.25) is 12.1 Å². The van der Waals surface area contributed by atoms with Crippen molar-refractivity contribution in [1.82, 2.24) is 10.4 Å². The number of oxime groups is 1. The van der Waals surface area contributed by atoms with E-state index < -0.39 is 5.97 Å². The third kappa shape index (κ3) is 2.62. The molecule has 0 aromatic heterocycles. The first kappa shape index (κ1) is 11.4. The minimum atomic E-state index is -1.22. The summed E-state index contributed by atoms with van der Waals surface area (Å²) >= 11 is 1.34. The van der Waals surface area contributed by atoms with Crippen LogP contribution in [0.4, 0.5) is 0 Å². The first-order chi connectivity index (χ1) is 7.20. The lowest BCUT2D eigenvalue weighted by Gasteiger charge is -2.18. The van der Waals surface area contributed by atoms with E-state index in [1.54, 1.807) is 5.41 Å². The molecule has 7 nitrogen and oxygen atoms in total. The quantitative estimate of drug-likeness (QED) is 0.379. The number of thioether (sulfide) groups is 1. The van der Waals surface area contributed by atoms with Gasteiger partial charge in [-0.05, 0) is 0 Å². The molecule has 0 radical (unpaired) electrons. The summed E-state index contributed by atoms with van der Waals surface area (Å²) in [6, 6.07) is 0. The van der Waals surface area contributed by atoms with Crippen molar-refractivity contribution in [3.8, 4) is 0 Å². The van der Waals surface area contributed by atoms with Gasteiger partial charge in [-0.3, -0.25) is 15.2 Å². The molecule has 0 fully saturated rings. The molecule has 0 aliphatic carbocycles. The zero-order valence-corrected chi connectivity index (χ0v) is 8.65. The fraction of sp³-hybridized carbons (Fsp3) is 0.286. The number of amides is 1. The van der Waals surface area contributed by atoms with Crippen LogP contribution in [0.1, 0.15) is 0 Å². The highest BCUT2D eigenvalue weighted by molar-refractivity contribution is 8.02. The molecule has 0 atom stereocenters. The molecule has 2 N–H and O–H groups in total. The van der Waals surface area contributed by atoms with E-state index in [2.05, 4.69) is 15.4 Å². The summed E-state index contributed by atoms with van der Waals surface area (Å²) in [5, 5.41) is 15.2. The van der Waals surface area contributed by atoms with Crippen molar-refractivity contribution in [2.75, 3.05) is 13.0 Å². The number of rotatable bonds is 5. The Morgan fingerprint density at radius 1 is 1.87 bits per heavy atom. The number of hydrogen-bond acceptors (Lipinski definition) is 6.